The molecule has 0 N–H and O–H groups in total. The first-order chi connectivity index (χ1) is 47.5. The number of hydrogen-bond donors (Lipinski definition) is 0. The number of pyridine rings is 1. The molecule has 12 aromatic rings. The molecule has 12 aromatic heterocycles. The maximum absolute atomic E-state index is 4.94. The van der Waals surface area contributed by atoms with E-state index in [4.69, 9.17) is 4.74 Å². The molecule has 0 spiro atoms. The minimum absolute atomic E-state index is 1.00. The molecule has 20 nitrogen and oxygen atoms in total. The van der Waals surface area contributed by atoms with Crippen molar-refractivity contribution in [1.29, 1.82) is 0 Å². The van der Waals surface area contributed by atoms with Gasteiger partial charge in [-0.3, -0.25) is 19.9 Å². The van der Waals surface area contributed by atoms with Crippen molar-refractivity contribution < 1.29 is 22.6 Å². The molecule has 95 heavy (non-hydrogen) atoms. The Morgan fingerprint density at radius 1 is 0.263 bits per heavy atom. The van der Waals surface area contributed by atoms with Crippen molar-refractivity contribution >= 4 is 45.7 Å². The van der Waals surface area contributed by atoms with E-state index in [9.17, 15) is 0 Å². The summed E-state index contributed by atoms with van der Waals surface area (Å²) in [5.41, 5.74) is 3.47. The highest BCUT2D eigenvalue weighted by atomic mass is 32.1. The summed E-state index contributed by atoms with van der Waals surface area (Å²) in [6.45, 7) is 54.0. The second-order valence-electron chi connectivity index (χ2n) is 10.5. The average molecular weight is 1400 g/mol. The minimum atomic E-state index is 1.00. The number of rotatable bonds is 0. The number of aromatic nitrogens is 15. The van der Waals surface area contributed by atoms with E-state index in [-0.39, 0.29) is 0 Å². The van der Waals surface area contributed by atoms with E-state index in [1.165, 1.54) is 80.2 Å². The molecular weight excluding hydrogens is 1270 g/mol. The highest BCUT2D eigenvalue weighted by molar-refractivity contribution is 7.07. The van der Waals surface area contributed by atoms with Crippen LogP contribution in [0.4, 0.5) is 0 Å². The van der Waals surface area contributed by atoms with E-state index >= 15 is 0 Å². The van der Waals surface area contributed by atoms with Crippen molar-refractivity contribution in [3.05, 3.63) is 249 Å². The quantitative estimate of drug-likeness (QED) is 0.137. The van der Waals surface area contributed by atoms with Gasteiger partial charge in [-0.25, -0.2) is 29.3 Å². The number of oxazole rings is 1. The van der Waals surface area contributed by atoms with E-state index in [0.29, 0.717) is 0 Å². The van der Waals surface area contributed by atoms with Gasteiger partial charge in [0.15, 0.2) is 12.7 Å². The van der Waals surface area contributed by atoms with Crippen LogP contribution in [0.1, 0.15) is 193 Å². The van der Waals surface area contributed by atoms with Gasteiger partial charge in [-0.15, -0.1) is 11.3 Å². The predicted octanol–water partition coefficient (Wildman–Crippen LogP) is 23.9. The summed E-state index contributed by atoms with van der Waals surface area (Å²) in [4.78, 5) is 32.9. The molecule has 0 aromatic carbocycles. The third-order valence-corrected chi connectivity index (χ3v) is 7.74. The molecule has 1 fully saturated rings. The lowest BCUT2D eigenvalue weighted by Gasteiger charge is -1.76. The highest BCUT2D eigenvalue weighted by Gasteiger charge is 1.94. The van der Waals surface area contributed by atoms with E-state index in [2.05, 4.69) is 92.0 Å². The van der Waals surface area contributed by atoms with Crippen LogP contribution in [0, 0.1) is 0 Å². The second-order valence-corrected chi connectivity index (χ2v) is 13.4. The number of thiophene rings is 1. The number of hydrogen-bond acceptors (Lipinski definition) is 24. The Labute approximate surface area is 593 Å². The predicted molar refractivity (Wildman–Crippen MR) is 412 cm³/mol. The fourth-order valence-electron chi connectivity index (χ4n) is 3.01. The molecule has 1 aliphatic heterocycles. The highest BCUT2D eigenvalue weighted by Crippen LogP contribution is 1.98. The molecule has 0 amide bonds. The van der Waals surface area contributed by atoms with Crippen molar-refractivity contribution in [3.63, 3.8) is 0 Å². The smallest absolute Gasteiger partial charge is 0.213 e. The van der Waals surface area contributed by atoms with Crippen LogP contribution in [-0.4, -0.2) is 87.3 Å². The van der Waals surface area contributed by atoms with Crippen molar-refractivity contribution in [1.82, 2.24) is 74.1 Å². The summed E-state index contributed by atoms with van der Waals surface area (Å²) in [6, 6.07) is 22.5. The van der Waals surface area contributed by atoms with Crippen LogP contribution >= 0.6 is 45.7 Å². The molecule has 13 heterocycles. The Hall–Kier alpha value is -8.29. The van der Waals surface area contributed by atoms with Crippen LogP contribution in [0.3, 0.4) is 0 Å². The van der Waals surface area contributed by atoms with Gasteiger partial charge in [-0.05, 0) is 101 Å². The zero-order valence-electron chi connectivity index (χ0n) is 62.9. The van der Waals surface area contributed by atoms with Gasteiger partial charge >= 0.3 is 0 Å². The molecule has 0 saturated carbocycles. The monoisotopic (exact) mass is 1400 g/mol. The zero-order chi connectivity index (χ0) is 74.8. The van der Waals surface area contributed by atoms with Crippen LogP contribution < -0.4 is 0 Å². The Morgan fingerprint density at radius 3 is 0.916 bits per heavy atom. The van der Waals surface area contributed by atoms with E-state index < -0.39 is 0 Å². The van der Waals surface area contributed by atoms with Crippen molar-refractivity contribution in [2.75, 3.05) is 13.2 Å². The fourth-order valence-corrected chi connectivity index (χ4v) is 4.44. The van der Waals surface area contributed by atoms with Crippen LogP contribution in [0.2, 0.25) is 0 Å². The molecular formula is C71H127N15O5S4. The van der Waals surface area contributed by atoms with Gasteiger partial charge in [0, 0.05) is 98.3 Å². The summed E-state index contributed by atoms with van der Waals surface area (Å²) in [6.07, 6.45) is 39.2. The van der Waals surface area contributed by atoms with Gasteiger partial charge in [0.2, 0.25) is 6.39 Å². The maximum atomic E-state index is 4.94. The van der Waals surface area contributed by atoms with Crippen molar-refractivity contribution in [2.45, 2.75) is 193 Å². The average Bonchev–Trinajstić information content (AvgIpc) is 4.58. The third-order valence-electron chi connectivity index (χ3n) is 5.64. The number of thiazole rings is 1. The lowest BCUT2D eigenvalue weighted by molar-refractivity contribution is 0.198. The standard InChI is InChI=1S/C5H5N.3C4H4N2.C4H8O.C4H4O.C4H4S.2C3H3NO.2C3H3NS.C2H2N2O.C2H2N2S.13C2H6/c1-2-4-6-5-3-1;1-2-6-4-3-5-1;1-2-5-4-6-3-1;1-2-4-6-5-3-1;3*1-2-4-5-3-1;1-2-5-3-4-1;1-2-4-5-3-1;1-2-5-3-4-1;1-2-4-5-3-1;2*1-3-2-5-4-1;13*1-2/h1-5H;3*1-4H;1-4H2;2*1-4H;4*1-3H;2*1-2H;13*1-2H3. The van der Waals surface area contributed by atoms with Crippen LogP contribution in [-0.2, 0) is 4.74 Å². The Kier molecular flexibility index (Phi) is 206. The van der Waals surface area contributed by atoms with Gasteiger partial charge in [-0.2, -0.15) is 25.9 Å². The molecule has 0 atom stereocenters. The third kappa shape index (κ3) is 163. The molecule has 1 saturated heterocycles. The Balaban J connectivity index is -0.0000000678. The first-order valence-corrected chi connectivity index (χ1v) is 36.3. The topological polar surface area (TPSA) is 255 Å². The molecule has 24 heteroatoms. The molecule has 540 valence electrons. The van der Waals surface area contributed by atoms with Gasteiger partial charge in [-0.1, -0.05) is 209 Å². The lowest BCUT2D eigenvalue weighted by Crippen LogP contribution is -1.74. The summed E-state index contributed by atoms with van der Waals surface area (Å²) in [7, 11) is 0. The Bertz CT molecular complexity index is 1690. The minimum Gasteiger partial charge on any atom is -0.473 e. The first kappa shape index (κ1) is 117. The normalized spacial score (nSPS) is 7.47. The van der Waals surface area contributed by atoms with E-state index in [0.717, 1.165) is 13.2 Å². The summed E-state index contributed by atoms with van der Waals surface area (Å²) in [5, 5.41) is 21.6. The van der Waals surface area contributed by atoms with Gasteiger partial charge in [0.05, 0.1) is 30.4 Å². The molecule has 0 aliphatic carbocycles. The zero-order valence-corrected chi connectivity index (χ0v) is 66.1. The maximum Gasteiger partial charge on any atom is 0.213 e. The van der Waals surface area contributed by atoms with Crippen LogP contribution in [0.25, 0.3) is 0 Å². The summed E-state index contributed by atoms with van der Waals surface area (Å²) < 4.78 is 30.0. The lowest BCUT2D eigenvalue weighted by atomic mass is 10.4. The van der Waals surface area contributed by atoms with Gasteiger partial charge in [0.25, 0.3) is 0 Å². The van der Waals surface area contributed by atoms with Crippen LogP contribution in [0.5, 0.6) is 0 Å². The van der Waals surface area contributed by atoms with Gasteiger partial charge < -0.3 is 22.6 Å². The number of nitrogens with zero attached hydrogens (tertiary/aromatic N) is 15. The van der Waals surface area contributed by atoms with Crippen LogP contribution in [0.15, 0.2) is 267 Å². The fraction of sp³-hybridized carbons (Fsp3) is 0.423. The Morgan fingerprint density at radius 2 is 0.779 bits per heavy atom. The largest absolute Gasteiger partial charge is 0.473 e. The van der Waals surface area contributed by atoms with Crippen molar-refractivity contribution in [3.8, 4) is 0 Å². The first-order valence-electron chi connectivity index (χ1n) is 32.7. The van der Waals surface area contributed by atoms with E-state index in [1.807, 2.05) is 262 Å². The molecule has 0 unspecified atom stereocenters. The van der Waals surface area contributed by atoms with Gasteiger partial charge in [0.1, 0.15) is 30.7 Å². The van der Waals surface area contributed by atoms with Crippen molar-refractivity contribution in [2.24, 2.45) is 0 Å². The molecule has 0 bridgehead atoms. The summed E-state index contributed by atoms with van der Waals surface area (Å²) >= 11 is 6.13. The molecule has 1 aliphatic rings. The molecule has 13 rings (SSSR count). The number of ether oxygens (including phenoxy) is 1. The SMILES string of the molecule is C1CCOC1.CC.CC.CC.CC.CC.CC.CC.CC.CC.CC.CC.CC.CC.c1ccncc1.c1ccnnc1.c1ccoc1.c1ccsc1.c1cnccn1.c1cncnc1.c1cnoc1.c1cnsc1.c1cocn1.c1cscn1.c1ncon1.c1ncsn1. The summed E-state index contributed by atoms with van der Waals surface area (Å²) in [5.74, 6) is 0. The second kappa shape index (κ2) is 167. The number of furan rings is 1. The van der Waals surface area contributed by atoms with E-state index in [1.54, 1.807) is 145 Å². The molecule has 0 radical (unpaired) electrons.